The molecule has 0 radical (unpaired) electrons. The predicted octanol–water partition coefficient (Wildman–Crippen LogP) is 3.55. The molecule has 0 saturated heterocycles. The molecular formula is C12H14ClNO3. The first-order valence-electron chi connectivity index (χ1n) is 5.49. The number of nitro benzene ring substituents is 1. The Morgan fingerprint density at radius 2 is 2.12 bits per heavy atom. The van der Waals surface area contributed by atoms with Crippen LogP contribution in [0.15, 0.2) is 18.2 Å². The molecule has 0 aromatic heterocycles. The summed E-state index contributed by atoms with van der Waals surface area (Å²) >= 11 is 5.79. The quantitative estimate of drug-likeness (QED) is 0.577. The van der Waals surface area contributed by atoms with Crippen LogP contribution in [0.2, 0.25) is 5.02 Å². The Balaban J connectivity index is 2.78. The number of nitro groups is 1. The van der Waals surface area contributed by atoms with E-state index in [4.69, 9.17) is 11.6 Å². The Morgan fingerprint density at radius 3 is 2.71 bits per heavy atom. The van der Waals surface area contributed by atoms with Crippen LogP contribution in [-0.2, 0) is 11.2 Å². The third-order valence-corrected chi connectivity index (χ3v) is 2.68. The molecule has 5 heteroatoms. The highest BCUT2D eigenvalue weighted by molar-refractivity contribution is 6.30. The zero-order valence-electron chi connectivity index (χ0n) is 9.61. The van der Waals surface area contributed by atoms with E-state index in [0.29, 0.717) is 29.8 Å². The number of halogens is 1. The number of carbonyl (C=O) groups is 1. The van der Waals surface area contributed by atoms with Crippen LogP contribution in [0.4, 0.5) is 5.69 Å². The molecule has 0 amide bonds. The van der Waals surface area contributed by atoms with Gasteiger partial charge in [-0.25, -0.2) is 0 Å². The molecule has 0 unspecified atom stereocenters. The number of aryl methyl sites for hydroxylation is 1. The molecule has 0 saturated carbocycles. The fourth-order valence-corrected chi connectivity index (χ4v) is 1.81. The molecule has 0 aliphatic heterocycles. The van der Waals surface area contributed by atoms with Crippen molar-refractivity contribution in [3.05, 3.63) is 38.9 Å². The van der Waals surface area contributed by atoms with Gasteiger partial charge in [0.1, 0.15) is 5.78 Å². The lowest BCUT2D eigenvalue weighted by Gasteiger charge is -2.03. The largest absolute Gasteiger partial charge is 0.300 e. The van der Waals surface area contributed by atoms with Crippen molar-refractivity contribution in [3.8, 4) is 0 Å². The third-order valence-electron chi connectivity index (χ3n) is 2.44. The molecule has 0 aliphatic rings. The van der Waals surface area contributed by atoms with Crippen LogP contribution in [0, 0.1) is 10.1 Å². The first kappa shape index (κ1) is 13.6. The van der Waals surface area contributed by atoms with Gasteiger partial charge >= 0.3 is 0 Å². The van der Waals surface area contributed by atoms with Crippen molar-refractivity contribution in [3.63, 3.8) is 0 Å². The molecule has 0 heterocycles. The summed E-state index contributed by atoms with van der Waals surface area (Å²) in [6, 6.07) is 4.41. The van der Waals surface area contributed by atoms with Crippen molar-refractivity contribution < 1.29 is 9.72 Å². The van der Waals surface area contributed by atoms with E-state index in [1.54, 1.807) is 6.07 Å². The van der Waals surface area contributed by atoms with Gasteiger partial charge in [-0.1, -0.05) is 18.5 Å². The molecule has 0 bridgehead atoms. The average molecular weight is 256 g/mol. The number of hydrogen-bond acceptors (Lipinski definition) is 3. The molecule has 1 aromatic carbocycles. The Bertz CT molecular complexity index is 432. The van der Waals surface area contributed by atoms with Crippen LogP contribution in [0.25, 0.3) is 0 Å². The van der Waals surface area contributed by atoms with E-state index >= 15 is 0 Å². The second-order valence-corrected chi connectivity index (χ2v) is 4.26. The molecule has 0 atom stereocenters. The first-order valence-corrected chi connectivity index (χ1v) is 5.87. The van der Waals surface area contributed by atoms with Gasteiger partial charge in [-0.15, -0.1) is 0 Å². The van der Waals surface area contributed by atoms with Gasteiger partial charge in [0.05, 0.1) is 4.92 Å². The summed E-state index contributed by atoms with van der Waals surface area (Å²) in [6.45, 7) is 1.93. The highest BCUT2D eigenvalue weighted by Gasteiger charge is 2.14. The maximum absolute atomic E-state index is 11.4. The Kier molecular flexibility index (Phi) is 5.10. The smallest absolute Gasteiger partial charge is 0.272 e. The monoisotopic (exact) mass is 255 g/mol. The minimum absolute atomic E-state index is 0.0266. The maximum Gasteiger partial charge on any atom is 0.272 e. The molecule has 1 aromatic rings. The van der Waals surface area contributed by atoms with Crippen LogP contribution >= 0.6 is 11.6 Å². The van der Waals surface area contributed by atoms with Gasteiger partial charge in [0.2, 0.25) is 0 Å². The number of carbonyl (C=O) groups excluding carboxylic acids is 1. The van der Waals surface area contributed by atoms with Gasteiger partial charge in [0.15, 0.2) is 0 Å². The molecule has 1 rings (SSSR count). The third kappa shape index (κ3) is 4.15. The van der Waals surface area contributed by atoms with Crippen LogP contribution in [0.5, 0.6) is 0 Å². The first-order chi connectivity index (χ1) is 8.04. The summed E-state index contributed by atoms with van der Waals surface area (Å²) in [4.78, 5) is 21.7. The van der Waals surface area contributed by atoms with Gasteiger partial charge in [-0.3, -0.25) is 14.9 Å². The maximum atomic E-state index is 11.4. The van der Waals surface area contributed by atoms with E-state index in [1.165, 1.54) is 12.1 Å². The number of nitrogens with zero attached hydrogens (tertiary/aromatic N) is 1. The number of hydrogen-bond donors (Lipinski definition) is 0. The number of rotatable bonds is 6. The SMILES string of the molecule is CCCC(=O)CCc1cc(Cl)ccc1[N+](=O)[O-]. The van der Waals surface area contributed by atoms with Gasteiger partial charge in [0, 0.05) is 29.5 Å². The van der Waals surface area contributed by atoms with E-state index in [-0.39, 0.29) is 11.5 Å². The number of benzene rings is 1. The topological polar surface area (TPSA) is 60.2 Å². The predicted molar refractivity (Wildman–Crippen MR) is 66.3 cm³/mol. The van der Waals surface area contributed by atoms with E-state index in [0.717, 1.165) is 6.42 Å². The van der Waals surface area contributed by atoms with Gasteiger partial charge < -0.3 is 0 Å². The molecule has 92 valence electrons. The summed E-state index contributed by atoms with van der Waals surface area (Å²) in [5.41, 5.74) is 0.547. The zero-order chi connectivity index (χ0) is 12.8. The highest BCUT2D eigenvalue weighted by Crippen LogP contribution is 2.24. The minimum atomic E-state index is -0.448. The average Bonchev–Trinajstić information content (AvgIpc) is 2.26. The Hall–Kier alpha value is -1.42. The van der Waals surface area contributed by atoms with Gasteiger partial charge in [0.25, 0.3) is 5.69 Å². The summed E-state index contributed by atoms with van der Waals surface area (Å²) in [7, 11) is 0. The number of ketones is 1. The summed E-state index contributed by atoms with van der Waals surface area (Å²) in [6.07, 6.45) is 2.02. The summed E-state index contributed by atoms with van der Waals surface area (Å²) < 4.78 is 0. The van der Waals surface area contributed by atoms with Crippen LogP contribution in [0.1, 0.15) is 31.7 Å². The highest BCUT2D eigenvalue weighted by atomic mass is 35.5. The molecule has 4 nitrogen and oxygen atoms in total. The van der Waals surface area contributed by atoms with E-state index in [1.807, 2.05) is 6.92 Å². The van der Waals surface area contributed by atoms with E-state index in [9.17, 15) is 14.9 Å². The van der Waals surface area contributed by atoms with Crippen molar-refractivity contribution in [2.75, 3.05) is 0 Å². The van der Waals surface area contributed by atoms with Gasteiger partial charge in [-0.2, -0.15) is 0 Å². The number of Topliss-reactive ketones (excluding diaryl/α,β-unsaturated/α-hetero) is 1. The fourth-order valence-electron chi connectivity index (χ4n) is 1.61. The molecule has 17 heavy (non-hydrogen) atoms. The fraction of sp³-hybridized carbons (Fsp3) is 0.417. The van der Waals surface area contributed by atoms with Crippen molar-refractivity contribution in [1.82, 2.24) is 0 Å². The van der Waals surface area contributed by atoms with Crippen LogP contribution in [0.3, 0.4) is 0 Å². The van der Waals surface area contributed by atoms with Gasteiger partial charge in [-0.05, 0) is 25.0 Å². The molecule has 0 aliphatic carbocycles. The van der Waals surface area contributed by atoms with Crippen molar-refractivity contribution in [1.29, 1.82) is 0 Å². The van der Waals surface area contributed by atoms with E-state index in [2.05, 4.69) is 0 Å². The van der Waals surface area contributed by atoms with Crippen molar-refractivity contribution >= 4 is 23.1 Å². The lowest BCUT2D eigenvalue weighted by molar-refractivity contribution is -0.385. The lowest BCUT2D eigenvalue weighted by atomic mass is 10.0. The second kappa shape index (κ2) is 6.35. The van der Waals surface area contributed by atoms with Crippen LogP contribution < -0.4 is 0 Å². The molecule has 0 spiro atoms. The lowest BCUT2D eigenvalue weighted by Crippen LogP contribution is -2.02. The second-order valence-electron chi connectivity index (χ2n) is 3.82. The molecular weight excluding hydrogens is 242 g/mol. The Labute approximate surface area is 105 Å². The summed E-state index contributed by atoms with van der Waals surface area (Å²) in [5.74, 6) is 0.127. The van der Waals surface area contributed by atoms with Crippen molar-refractivity contribution in [2.45, 2.75) is 32.6 Å². The standard InChI is InChI=1S/C12H14ClNO3/c1-2-3-11(15)6-4-9-8-10(13)5-7-12(9)14(16)17/h5,7-8H,2-4,6H2,1H3. The normalized spacial score (nSPS) is 10.2. The summed E-state index contributed by atoms with van der Waals surface area (Å²) in [5, 5.41) is 11.2. The van der Waals surface area contributed by atoms with E-state index < -0.39 is 4.92 Å². The van der Waals surface area contributed by atoms with Crippen LogP contribution in [-0.4, -0.2) is 10.7 Å². The zero-order valence-corrected chi connectivity index (χ0v) is 10.4. The Morgan fingerprint density at radius 1 is 1.41 bits per heavy atom. The minimum Gasteiger partial charge on any atom is -0.300 e. The molecule has 0 fully saturated rings. The van der Waals surface area contributed by atoms with Crippen molar-refractivity contribution in [2.24, 2.45) is 0 Å². The molecule has 0 N–H and O–H groups in total.